The van der Waals surface area contributed by atoms with Crippen LogP contribution >= 0.6 is 11.3 Å². The van der Waals surface area contributed by atoms with Gasteiger partial charge >= 0.3 is 0 Å². The summed E-state index contributed by atoms with van der Waals surface area (Å²) in [5.74, 6) is 0.388. The van der Waals surface area contributed by atoms with Gasteiger partial charge in [-0.15, -0.1) is 11.3 Å². The number of hydrogen-bond donors (Lipinski definition) is 0. The van der Waals surface area contributed by atoms with Gasteiger partial charge in [0.05, 0.1) is 0 Å². The van der Waals surface area contributed by atoms with E-state index >= 15 is 0 Å². The van der Waals surface area contributed by atoms with E-state index < -0.39 is 10.0 Å². The molecule has 1 saturated heterocycles. The standard InChI is InChI=1S/C18H22N2O3S2/c1-14(2)15-5-7-16(8-6-15)18(21)19-9-11-20(12-10-19)25(22,23)17-4-3-13-24-17/h3-8,13-14H,9-12H2,1-2H3. The molecule has 2 heterocycles. The van der Waals surface area contributed by atoms with Crippen LogP contribution in [0, 0.1) is 0 Å². The Labute approximate surface area is 152 Å². The third-order valence-corrected chi connectivity index (χ3v) is 7.71. The van der Waals surface area contributed by atoms with Gasteiger partial charge in [-0.2, -0.15) is 4.31 Å². The largest absolute Gasteiger partial charge is 0.336 e. The first-order chi connectivity index (χ1) is 11.9. The van der Waals surface area contributed by atoms with Crippen LogP contribution in [0.2, 0.25) is 0 Å². The molecule has 0 aliphatic carbocycles. The smallest absolute Gasteiger partial charge is 0.253 e. The SMILES string of the molecule is CC(C)c1ccc(C(=O)N2CCN(S(=O)(=O)c3cccs3)CC2)cc1. The molecule has 7 heteroatoms. The van der Waals surface area contributed by atoms with Gasteiger partial charge in [-0.25, -0.2) is 8.42 Å². The van der Waals surface area contributed by atoms with Crippen molar-refractivity contribution in [2.45, 2.75) is 24.0 Å². The average molecular weight is 379 g/mol. The van der Waals surface area contributed by atoms with Crippen molar-refractivity contribution in [2.24, 2.45) is 0 Å². The van der Waals surface area contributed by atoms with E-state index in [1.54, 1.807) is 22.4 Å². The summed E-state index contributed by atoms with van der Waals surface area (Å²) in [4.78, 5) is 14.4. The maximum absolute atomic E-state index is 12.6. The fraction of sp³-hybridized carbons (Fsp3) is 0.389. The quantitative estimate of drug-likeness (QED) is 0.822. The highest BCUT2D eigenvalue weighted by Crippen LogP contribution is 2.22. The Morgan fingerprint density at radius 1 is 1.04 bits per heavy atom. The van der Waals surface area contributed by atoms with Gasteiger partial charge in [0, 0.05) is 31.7 Å². The minimum absolute atomic E-state index is 0.0384. The Hall–Kier alpha value is -1.70. The van der Waals surface area contributed by atoms with E-state index in [0.29, 0.717) is 41.9 Å². The number of carbonyl (C=O) groups is 1. The highest BCUT2D eigenvalue weighted by Gasteiger charge is 2.30. The summed E-state index contributed by atoms with van der Waals surface area (Å²) in [5, 5.41) is 1.76. The molecule has 0 spiro atoms. The van der Waals surface area contributed by atoms with Crippen LogP contribution in [0.4, 0.5) is 0 Å². The molecule has 5 nitrogen and oxygen atoms in total. The predicted octanol–water partition coefficient (Wildman–Crippen LogP) is 3.02. The molecule has 0 N–H and O–H groups in total. The molecule has 0 bridgehead atoms. The molecule has 1 aromatic carbocycles. The van der Waals surface area contributed by atoms with Gasteiger partial charge < -0.3 is 4.90 Å². The van der Waals surface area contributed by atoms with Gasteiger partial charge in [-0.1, -0.05) is 32.0 Å². The van der Waals surface area contributed by atoms with Gasteiger partial charge in [0.2, 0.25) is 0 Å². The number of benzene rings is 1. The van der Waals surface area contributed by atoms with Gasteiger partial charge in [0.25, 0.3) is 15.9 Å². The number of sulfonamides is 1. The van der Waals surface area contributed by atoms with Gasteiger partial charge in [-0.05, 0) is 35.1 Å². The van der Waals surface area contributed by atoms with Crippen molar-refractivity contribution in [2.75, 3.05) is 26.2 Å². The molecule has 25 heavy (non-hydrogen) atoms. The van der Waals surface area contributed by atoms with Crippen LogP contribution in [0.15, 0.2) is 46.0 Å². The van der Waals surface area contributed by atoms with E-state index in [2.05, 4.69) is 13.8 Å². The van der Waals surface area contributed by atoms with Crippen LogP contribution in [0.3, 0.4) is 0 Å². The Balaban J connectivity index is 1.65. The Bertz CT molecular complexity index is 820. The Morgan fingerprint density at radius 3 is 2.20 bits per heavy atom. The third kappa shape index (κ3) is 3.78. The first kappa shape index (κ1) is 18.1. The summed E-state index contributed by atoms with van der Waals surface area (Å²) in [6.45, 7) is 5.71. The number of thiophene rings is 1. The molecule has 134 valence electrons. The van der Waals surface area contributed by atoms with Gasteiger partial charge in [-0.3, -0.25) is 4.79 Å². The van der Waals surface area contributed by atoms with Crippen LogP contribution in [-0.4, -0.2) is 49.7 Å². The molecule has 1 aliphatic rings. The van der Waals surface area contributed by atoms with Crippen LogP contribution in [0.5, 0.6) is 0 Å². The Kier molecular flexibility index (Phi) is 5.27. The molecule has 3 rings (SSSR count). The number of amides is 1. The zero-order valence-corrected chi connectivity index (χ0v) is 16.0. The fourth-order valence-corrected chi connectivity index (χ4v) is 5.43. The number of piperazine rings is 1. The first-order valence-corrected chi connectivity index (χ1v) is 10.6. The zero-order valence-electron chi connectivity index (χ0n) is 14.4. The van der Waals surface area contributed by atoms with Crippen molar-refractivity contribution < 1.29 is 13.2 Å². The van der Waals surface area contributed by atoms with Crippen LogP contribution in [0.1, 0.15) is 35.7 Å². The lowest BCUT2D eigenvalue weighted by Crippen LogP contribution is -2.50. The second kappa shape index (κ2) is 7.27. The summed E-state index contributed by atoms with van der Waals surface area (Å²) >= 11 is 1.22. The first-order valence-electron chi connectivity index (χ1n) is 8.32. The highest BCUT2D eigenvalue weighted by atomic mass is 32.2. The molecule has 1 aliphatic heterocycles. The van der Waals surface area contributed by atoms with Crippen molar-refractivity contribution in [3.05, 3.63) is 52.9 Å². The monoisotopic (exact) mass is 378 g/mol. The summed E-state index contributed by atoms with van der Waals surface area (Å²) < 4.78 is 26.9. The maximum Gasteiger partial charge on any atom is 0.253 e. The lowest BCUT2D eigenvalue weighted by molar-refractivity contribution is 0.0698. The van der Waals surface area contributed by atoms with Gasteiger partial charge in [0.15, 0.2) is 0 Å². The highest BCUT2D eigenvalue weighted by molar-refractivity contribution is 7.91. The third-order valence-electron chi connectivity index (χ3n) is 4.44. The average Bonchev–Trinajstić information content (AvgIpc) is 3.17. The normalized spacial score (nSPS) is 16.4. The molecule has 0 radical (unpaired) electrons. The van der Waals surface area contributed by atoms with Crippen molar-refractivity contribution in [1.82, 2.24) is 9.21 Å². The predicted molar refractivity (Wildman–Crippen MR) is 99.5 cm³/mol. The number of carbonyl (C=O) groups excluding carboxylic acids is 1. The fourth-order valence-electron chi connectivity index (χ4n) is 2.86. The summed E-state index contributed by atoms with van der Waals surface area (Å²) in [6, 6.07) is 11.0. The number of nitrogens with zero attached hydrogens (tertiary/aromatic N) is 2. The molecule has 1 aromatic heterocycles. The lowest BCUT2D eigenvalue weighted by atomic mass is 10.0. The zero-order chi connectivity index (χ0) is 18.0. The lowest BCUT2D eigenvalue weighted by Gasteiger charge is -2.33. The molecule has 0 saturated carbocycles. The topological polar surface area (TPSA) is 57.7 Å². The Morgan fingerprint density at radius 2 is 1.68 bits per heavy atom. The van der Waals surface area contributed by atoms with Crippen molar-refractivity contribution in [3.8, 4) is 0 Å². The molecular weight excluding hydrogens is 356 g/mol. The molecule has 0 unspecified atom stereocenters. The molecular formula is C18H22N2O3S2. The van der Waals surface area contributed by atoms with E-state index in [4.69, 9.17) is 0 Å². The summed E-state index contributed by atoms with van der Waals surface area (Å²) in [7, 11) is -3.43. The van der Waals surface area contributed by atoms with Crippen molar-refractivity contribution in [1.29, 1.82) is 0 Å². The number of rotatable bonds is 4. The van der Waals surface area contributed by atoms with E-state index in [0.717, 1.165) is 0 Å². The van der Waals surface area contributed by atoms with Gasteiger partial charge in [0.1, 0.15) is 4.21 Å². The van der Waals surface area contributed by atoms with E-state index in [-0.39, 0.29) is 5.91 Å². The molecule has 2 aromatic rings. The number of hydrogen-bond acceptors (Lipinski definition) is 4. The van der Waals surface area contributed by atoms with E-state index in [9.17, 15) is 13.2 Å². The minimum atomic E-state index is -3.43. The molecule has 1 amide bonds. The molecule has 0 atom stereocenters. The molecule has 1 fully saturated rings. The van der Waals surface area contributed by atoms with Crippen LogP contribution < -0.4 is 0 Å². The summed E-state index contributed by atoms with van der Waals surface area (Å²) in [6.07, 6.45) is 0. The summed E-state index contributed by atoms with van der Waals surface area (Å²) in [5.41, 5.74) is 1.85. The second-order valence-electron chi connectivity index (χ2n) is 6.41. The van der Waals surface area contributed by atoms with Crippen molar-refractivity contribution >= 4 is 27.3 Å². The van der Waals surface area contributed by atoms with Crippen LogP contribution in [0.25, 0.3) is 0 Å². The van der Waals surface area contributed by atoms with Crippen molar-refractivity contribution in [3.63, 3.8) is 0 Å². The maximum atomic E-state index is 12.6. The second-order valence-corrected chi connectivity index (χ2v) is 9.52. The minimum Gasteiger partial charge on any atom is -0.336 e. The van der Waals surface area contributed by atoms with Crippen LogP contribution in [-0.2, 0) is 10.0 Å². The van der Waals surface area contributed by atoms with E-state index in [1.165, 1.54) is 21.2 Å². The van der Waals surface area contributed by atoms with E-state index in [1.807, 2.05) is 24.3 Å².